The summed E-state index contributed by atoms with van der Waals surface area (Å²) in [4.78, 5) is 15.8. The van der Waals surface area contributed by atoms with Crippen molar-refractivity contribution >= 4 is 5.91 Å². The van der Waals surface area contributed by atoms with E-state index in [1.165, 1.54) is 0 Å². The Bertz CT molecular complexity index is 586. The Morgan fingerprint density at radius 3 is 2.29 bits per heavy atom. The van der Waals surface area contributed by atoms with Crippen LogP contribution in [0.25, 0.3) is 0 Å². The van der Waals surface area contributed by atoms with Crippen LogP contribution in [0.4, 0.5) is 0 Å². The number of nitrogens with zero attached hydrogens (tertiary/aromatic N) is 1. The standard InChI is InChI=1S/C17H20N2O2/c1-17(2,3)21-15-6-4-13(5-7-15)12-19-16(20)14-8-10-18-11-9-14/h4-11H,12H2,1-3H3,(H,19,20). The molecule has 0 saturated carbocycles. The Hall–Kier alpha value is -2.36. The van der Waals surface area contributed by atoms with Crippen molar-refractivity contribution in [1.82, 2.24) is 10.3 Å². The number of carbonyl (C=O) groups excluding carboxylic acids is 1. The van der Waals surface area contributed by atoms with Crippen LogP contribution in [0.15, 0.2) is 48.8 Å². The topological polar surface area (TPSA) is 51.2 Å². The van der Waals surface area contributed by atoms with Crippen molar-refractivity contribution < 1.29 is 9.53 Å². The molecule has 1 aromatic carbocycles. The Morgan fingerprint density at radius 2 is 1.71 bits per heavy atom. The maximum Gasteiger partial charge on any atom is 0.251 e. The first-order chi connectivity index (χ1) is 9.94. The molecule has 0 radical (unpaired) electrons. The molecule has 0 aliphatic heterocycles. The summed E-state index contributed by atoms with van der Waals surface area (Å²) in [6.07, 6.45) is 3.21. The van der Waals surface area contributed by atoms with Gasteiger partial charge in [-0.15, -0.1) is 0 Å². The van der Waals surface area contributed by atoms with Crippen LogP contribution in [-0.2, 0) is 6.54 Å². The fourth-order valence-electron chi connectivity index (χ4n) is 1.82. The van der Waals surface area contributed by atoms with E-state index < -0.39 is 0 Å². The van der Waals surface area contributed by atoms with Gasteiger partial charge >= 0.3 is 0 Å². The minimum Gasteiger partial charge on any atom is -0.488 e. The molecule has 1 heterocycles. The molecule has 0 bridgehead atoms. The fraction of sp³-hybridized carbons (Fsp3) is 0.294. The summed E-state index contributed by atoms with van der Waals surface area (Å²) in [5.74, 6) is 0.721. The number of hydrogen-bond donors (Lipinski definition) is 1. The maximum atomic E-state index is 11.9. The number of pyridine rings is 1. The quantitative estimate of drug-likeness (QED) is 0.938. The lowest BCUT2D eigenvalue weighted by molar-refractivity contribution is 0.0951. The molecule has 0 unspecified atom stereocenters. The SMILES string of the molecule is CC(C)(C)Oc1ccc(CNC(=O)c2ccncc2)cc1. The number of hydrogen-bond acceptors (Lipinski definition) is 3. The zero-order valence-corrected chi connectivity index (χ0v) is 12.6. The van der Waals surface area contributed by atoms with E-state index in [9.17, 15) is 4.79 Å². The van der Waals surface area contributed by atoms with Crippen LogP contribution in [0.3, 0.4) is 0 Å². The van der Waals surface area contributed by atoms with E-state index in [0.29, 0.717) is 12.1 Å². The number of nitrogens with one attached hydrogen (secondary N) is 1. The molecule has 0 aliphatic carbocycles. The molecule has 0 aliphatic rings. The third-order valence-corrected chi connectivity index (χ3v) is 2.74. The largest absolute Gasteiger partial charge is 0.488 e. The van der Waals surface area contributed by atoms with E-state index in [1.54, 1.807) is 24.5 Å². The minimum atomic E-state index is -0.211. The van der Waals surface area contributed by atoms with Gasteiger partial charge in [0.2, 0.25) is 0 Å². The van der Waals surface area contributed by atoms with Crippen molar-refractivity contribution in [1.29, 1.82) is 0 Å². The summed E-state index contributed by atoms with van der Waals surface area (Å²) < 4.78 is 5.76. The fourth-order valence-corrected chi connectivity index (χ4v) is 1.82. The molecular weight excluding hydrogens is 264 g/mol. The predicted octanol–water partition coefficient (Wildman–Crippen LogP) is 3.19. The van der Waals surface area contributed by atoms with E-state index in [1.807, 2.05) is 45.0 Å². The van der Waals surface area contributed by atoms with E-state index in [0.717, 1.165) is 11.3 Å². The van der Waals surface area contributed by atoms with Gasteiger partial charge in [0.25, 0.3) is 5.91 Å². The second kappa shape index (κ2) is 6.39. The lowest BCUT2D eigenvalue weighted by Crippen LogP contribution is -2.23. The monoisotopic (exact) mass is 284 g/mol. The molecule has 4 heteroatoms. The summed E-state index contributed by atoms with van der Waals surface area (Å²) in [5.41, 5.74) is 1.42. The van der Waals surface area contributed by atoms with Gasteiger partial charge in [-0.25, -0.2) is 0 Å². The number of ether oxygens (including phenoxy) is 1. The molecule has 2 aromatic rings. The molecule has 1 amide bonds. The summed E-state index contributed by atoms with van der Waals surface area (Å²) >= 11 is 0. The van der Waals surface area contributed by atoms with Crippen molar-refractivity contribution in [3.63, 3.8) is 0 Å². The summed E-state index contributed by atoms with van der Waals surface area (Å²) in [5, 5.41) is 2.88. The molecule has 0 atom stereocenters. The molecule has 1 N–H and O–H groups in total. The first kappa shape index (κ1) is 15.0. The smallest absolute Gasteiger partial charge is 0.251 e. The Labute approximate surface area is 125 Å². The van der Waals surface area contributed by atoms with Crippen molar-refractivity contribution in [2.24, 2.45) is 0 Å². The van der Waals surface area contributed by atoms with Crippen LogP contribution in [0.2, 0.25) is 0 Å². The Kier molecular flexibility index (Phi) is 4.58. The van der Waals surface area contributed by atoms with Crippen LogP contribution in [0, 0.1) is 0 Å². The van der Waals surface area contributed by atoms with Gasteiger partial charge in [-0.2, -0.15) is 0 Å². The molecule has 0 saturated heterocycles. The van der Waals surface area contributed by atoms with E-state index >= 15 is 0 Å². The first-order valence-corrected chi connectivity index (χ1v) is 6.90. The normalized spacial score (nSPS) is 11.0. The van der Waals surface area contributed by atoms with Gasteiger partial charge in [-0.3, -0.25) is 9.78 Å². The lowest BCUT2D eigenvalue weighted by atomic mass is 10.1. The summed E-state index contributed by atoms with van der Waals surface area (Å²) in [6, 6.07) is 11.1. The highest BCUT2D eigenvalue weighted by atomic mass is 16.5. The van der Waals surface area contributed by atoms with Crippen molar-refractivity contribution in [3.05, 3.63) is 59.9 Å². The molecule has 0 spiro atoms. The molecule has 110 valence electrons. The summed E-state index contributed by atoms with van der Waals surface area (Å²) in [7, 11) is 0. The zero-order valence-electron chi connectivity index (χ0n) is 12.6. The van der Waals surface area contributed by atoms with Gasteiger partial charge in [-0.05, 0) is 50.6 Å². The van der Waals surface area contributed by atoms with E-state index in [4.69, 9.17) is 4.74 Å². The maximum absolute atomic E-state index is 11.9. The van der Waals surface area contributed by atoms with Crippen LogP contribution in [-0.4, -0.2) is 16.5 Å². The molecule has 0 fully saturated rings. The zero-order chi connectivity index (χ0) is 15.3. The third kappa shape index (κ3) is 4.91. The highest BCUT2D eigenvalue weighted by Gasteiger charge is 2.11. The van der Waals surface area contributed by atoms with Gasteiger partial charge in [0, 0.05) is 24.5 Å². The number of amides is 1. The Balaban J connectivity index is 1.91. The van der Waals surface area contributed by atoms with Crippen LogP contribution in [0.5, 0.6) is 5.75 Å². The van der Waals surface area contributed by atoms with Gasteiger partial charge in [0.15, 0.2) is 0 Å². The predicted molar refractivity (Wildman–Crippen MR) is 82.2 cm³/mol. The number of aromatic nitrogens is 1. The Morgan fingerprint density at radius 1 is 1.10 bits per heavy atom. The number of rotatable bonds is 4. The molecule has 1 aromatic heterocycles. The van der Waals surface area contributed by atoms with Gasteiger partial charge in [-0.1, -0.05) is 12.1 Å². The van der Waals surface area contributed by atoms with E-state index in [-0.39, 0.29) is 11.5 Å². The molecular formula is C17H20N2O2. The second-order valence-corrected chi connectivity index (χ2v) is 5.78. The van der Waals surface area contributed by atoms with Crippen LogP contribution in [0.1, 0.15) is 36.7 Å². The lowest BCUT2D eigenvalue weighted by Gasteiger charge is -2.21. The average molecular weight is 284 g/mol. The van der Waals surface area contributed by atoms with Crippen molar-refractivity contribution in [2.45, 2.75) is 32.9 Å². The first-order valence-electron chi connectivity index (χ1n) is 6.90. The highest BCUT2D eigenvalue weighted by molar-refractivity contribution is 5.93. The third-order valence-electron chi connectivity index (χ3n) is 2.74. The molecule has 2 rings (SSSR count). The minimum absolute atomic E-state index is 0.104. The molecule has 21 heavy (non-hydrogen) atoms. The van der Waals surface area contributed by atoms with Gasteiger partial charge in [0.1, 0.15) is 11.4 Å². The second-order valence-electron chi connectivity index (χ2n) is 5.78. The van der Waals surface area contributed by atoms with Gasteiger partial charge in [0.05, 0.1) is 0 Å². The van der Waals surface area contributed by atoms with Crippen molar-refractivity contribution in [3.8, 4) is 5.75 Å². The number of carbonyl (C=O) groups is 1. The van der Waals surface area contributed by atoms with Crippen LogP contribution >= 0.6 is 0 Å². The number of benzene rings is 1. The van der Waals surface area contributed by atoms with Crippen LogP contribution < -0.4 is 10.1 Å². The van der Waals surface area contributed by atoms with Crippen molar-refractivity contribution in [2.75, 3.05) is 0 Å². The highest BCUT2D eigenvalue weighted by Crippen LogP contribution is 2.18. The summed E-state index contributed by atoms with van der Waals surface area (Å²) in [6.45, 7) is 6.51. The molecule has 4 nitrogen and oxygen atoms in total. The average Bonchev–Trinajstić information content (AvgIpc) is 2.45. The van der Waals surface area contributed by atoms with E-state index in [2.05, 4.69) is 10.3 Å². The van der Waals surface area contributed by atoms with Gasteiger partial charge < -0.3 is 10.1 Å².